The van der Waals surface area contributed by atoms with Crippen LogP contribution in [0.1, 0.15) is 31.1 Å². The van der Waals surface area contributed by atoms with Crippen LogP contribution in [-0.4, -0.2) is 33.7 Å². The number of primary amides is 2. The summed E-state index contributed by atoms with van der Waals surface area (Å²) in [5.74, 6) is -2.04. The van der Waals surface area contributed by atoms with Gasteiger partial charge in [0.25, 0.3) is 0 Å². The van der Waals surface area contributed by atoms with E-state index in [1.165, 1.54) is 6.92 Å². The van der Waals surface area contributed by atoms with Gasteiger partial charge in [-0.2, -0.15) is 0 Å². The monoisotopic (exact) mass is 327 g/mol. The molecule has 1 aromatic heterocycles. The van der Waals surface area contributed by atoms with E-state index in [0.29, 0.717) is 6.42 Å². The average Bonchev–Trinajstić information content (AvgIpc) is 2.93. The topological polar surface area (TPSA) is 127 Å². The predicted molar refractivity (Wildman–Crippen MR) is 84.7 cm³/mol. The zero-order valence-corrected chi connectivity index (χ0v) is 13.4. The smallest absolute Gasteiger partial charge is 0.249 e. The zero-order chi connectivity index (χ0) is 16.8. The molecule has 0 fully saturated rings. The molecule has 0 aliphatic heterocycles. The van der Waals surface area contributed by atoms with E-state index in [1.807, 2.05) is 17.5 Å². The Morgan fingerprint density at radius 2 is 2.14 bits per heavy atom. The van der Waals surface area contributed by atoms with Crippen molar-refractivity contribution in [2.24, 2.45) is 17.4 Å². The summed E-state index contributed by atoms with van der Waals surface area (Å²) in [6.07, 6.45) is 1.92. The summed E-state index contributed by atoms with van der Waals surface area (Å²) in [7, 11) is 0. The lowest BCUT2D eigenvalue weighted by Crippen LogP contribution is -2.42. The van der Waals surface area contributed by atoms with E-state index >= 15 is 0 Å². The van der Waals surface area contributed by atoms with Gasteiger partial charge in [-0.1, -0.05) is 6.07 Å². The first-order chi connectivity index (χ1) is 10.2. The fourth-order valence-electron chi connectivity index (χ4n) is 2.02. The summed E-state index contributed by atoms with van der Waals surface area (Å²) in [4.78, 5) is 23.6. The fraction of sp³-hybridized carbons (Fsp3) is 0.533. The molecular formula is C15H23N2O4S. The van der Waals surface area contributed by atoms with Gasteiger partial charge in [-0.05, 0) is 50.5 Å². The fourth-order valence-corrected chi connectivity index (χ4v) is 2.70. The Balaban J connectivity index is 2.46. The largest absolute Gasteiger partial charge is 0.393 e. The molecule has 1 unspecified atom stereocenters. The van der Waals surface area contributed by atoms with Crippen molar-refractivity contribution in [3.05, 3.63) is 28.8 Å². The Bertz CT molecular complexity index is 488. The highest BCUT2D eigenvalue weighted by atomic mass is 32.1. The molecule has 1 heterocycles. The second-order valence-corrected chi connectivity index (χ2v) is 6.63. The van der Waals surface area contributed by atoms with Crippen LogP contribution in [0.4, 0.5) is 0 Å². The summed E-state index contributed by atoms with van der Waals surface area (Å²) in [5, 5.41) is 21.7. The second-order valence-electron chi connectivity index (χ2n) is 5.60. The first-order valence-electron chi connectivity index (χ1n) is 7.07. The molecule has 7 heteroatoms. The molecule has 1 rings (SSSR count). The first-order valence-corrected chi connectivity index (χ1v) is 7.95. The first kappa shape index (κ1) is 18.6. The van der Waals surface area contributed by atoms with Crippen molar-refractivity contribution < 1.29 is 19.8 Å². The highest BCUT2D eigenvalue weighted by molar-refractivity contribution is 7.09. The lowest BCUT2D eigenvalue weighted by molar-refractivity contribution is -0.136. The molecule has 0 bridgehead atoms. The molecule has 123 valence electrons. The Labute approximate surface area is 134 Å². The van der Waals surface area contributed by atoms with E-state index in [-0.39, 0.29) is 19.3 Å². The third-order valence-electron chi connectivity index (χ3n) is 3.61. The molecule has 1 radical (unpaired) electrons. The van der Waals surface area contributed by atoms with Crippen LogP contribution in [0, 0.1) is 12.3 Å². The number of rotatable bonds is 10. The maximum Gasteiger partial charge on any atom is 0.249 e. The highest BCUT2D eigenvalue weighted by Gasteiger charge is 2.30. The number of aliphatic hydroxyl groups excluding tert-OH is 1. The van der Waals surface area contributed by atoms with E-state index < -0.39 is 29.4 Å². The van der Waals surface area contributed by atoms with Crippen LogP contribution in [0.2, 0.25) is 0 Å². The van der Waals surface area contributed by atoms with Crippen LogP contribution < -0.4 is 11.5 Å². The van der Waals surface area contributed by atoms with E-state index in [2.05, 4.69) is 0 Å². The molecule has 6 N–H and O–H groups in total. The summed E-state index contributed by atoms with van der Waals surface area (Å²) < 4.78 is 0. The summed E-state index contributed by atoms with van der Waals surface area (Å²) in [6.45, 7) is 1.30. The van der Waals surface area contributed by atoms with Crippen molar-refractivity contribution in [3.8, 4) is 0 Å². The minimum atomic E-state index is -1.68. The zero-order valence-electron chi connectivity index (χ0n) is 12.6. The van der Waals surface area contributed by atoms with Gasteiger partial charge in [0.2, 0.25) is 11.8 Å². The van der Waals surface area contributed by atoms with Crippen LogP contribution in [0.15, 0.2) is 17.5 Å². The minimum absolute atomic E-state index is 0.0214. The molecule has 0 aliphatic carbocycles. The number of nitrogens with two attached hydrogens (primary N) is 2. The Hall–Kier alpha value is -1.44. The van der Waals surface area contributed by atoms with Crippen molar-refractivity contribution in [3.63, 3.8) is 0 Å². The molecule has 22 heavy (non-hydrogen) atoms. The standard InChI is InChI=1S/C15H23N2O4S/c1-15(21,14(17)20)7-6-10(13(16)19)9-11(18)4-5-12-3-2-8-22-12/h2-4,8,10-11,18,21H,5-7,9H2,1H3,(H2,16,19)(H2,17,20)/t10-,11+,15?/m1/s1. The number of thiophene rings is 1. The van der Waals surface area contributed by atoms with Crippen molar-refractivity contribution in [2.75, 3.05) is 0 Å². The van der Waals surface area contributed by atoms with Crippen LogP contribution in [0.5, 0.6) is 0 Å². The number of carbonyl (C=O) groups is 2. The van der Waals surface area contributed by atoms with E-state index in [1.54, 1.807) is 17.8 Å². The molecule has 0 saturated heterocycles. The second kappa shape index (κ2) is 8.26. The molecule has 0 aliphatic rings. The van der Waals surface area contributed by atoms with Crippen molar-refractivity contribution >= 4 is 23.2 Å². The molecule has 0 saturated carbocycles. The molecule has 1 aromatic rings. The van der Waals surface area contributed by atoms with Crippen LogP contribution in [0.3, 0.4) is 0 Å². The Morgan fingerprint density at radius 3 is 2.64 bits per heavy atom. The predicted octanol–water partition coefficient (Wildman–Crippen LogP) is 0.364. The van der Waals surface area contributed by atoms with Crippen LogP contribution in [0.25, 0.3) is 0 Å². The lowest BCUT2D eigenvalue weighted by Gasteiger charge is -2.23. The van der Waals surface area contributed by atoms with E-state index in [9.17, 15) is 19.8 Å². The maximum absolute atomic E-state index is 11.5. The Kier molecular flexibility index (Phi) is 6.99. The molecule has 6 nitrogen and oxygen atoms in total. The number of aliphatic hydroxyl groups is 2. The average molecular weight is 327 g/mol. The number of hydrogen-bond acceptors (Lipinski definition) is 5. The summed E-state index contributed by atoms with van der Waals surface area (Å²) in [6, 6.07) is 3.89. The van der Waals surface area contributed by atoms with Gasteiger partial charge in [0, 0.05) is 10.8 Å². The van der Waals surface area contributed by atoms with Crippen molar-refractivity contribution in [1.82, 2.24) is 0 Å². The molecule has 3 atom stereocenters. The van der Waals surface area contributed by atoms with Gasteiger partial charge in [0.15, 0.2) is 0 Å². The number of amides is 2. The van der Waals surface area contributed by atoms with Crippen molar-refractivity contribution in [1.29, 1.82) is 0 Å². The third kappa shape index (κ3) is 6.13. The SMILES string of the molecule is CC(O)(CC[C@H](C[C@@H](O)[CH]Cc1cccs1)C(N)=O)C(N)=O. The summed E-state index contributed by atoms with van der Waals surface area (Å²) >= 11 is 1.59. The van der Waals surface area contributed by atoms with Gasteiger partial charge in [0.1, 0.15) is 5.60 Å². The van der Waals surface area contributed by atoms with Gasteiger partial charge in [-0.3, -0.25) is 9.59 Å². The minimum Gasteiger partial charge on any atom is -0.393 e. The molecule has 2 amide bonds. The van der Waals surface area contributed by atoms with Gasteiger partial charge in [-0.25, -0.2) is 0 Å². The van der Waals surface area contributed by atoms with Gasteiger partial charge in [-0.15, -0.1) is 11.3 Å². The number of hydrogen-bond donors (Lipinski definition) is 4. The van der Waals surface area contributed by atoms with Crippen LogP contribution in [-0.2, 0) is 16.0 Å². The van der Waals surface area contributed by atoms with Gasteiger partial charge in [0.05, 0.1) is 6.10 Å². The lowest BCUT2D eigenvalue weighted by atomic mass is 9.88. The maximum atomic E-state index is 11.5. The van der Waals surface area contributed by atoms with E-state index in [0.717, 1.165) is 4.88 Å². The number of carbonyl (C=O) groups excluding carboxylic acids is 2. The normalized spacial score (nSPS) is 16.7. The van der Waals surface area contributed by atoms with E-state index in [4.69, 9.17) is 11.5 Å². The van der Waals surface area contributed by atoms with Gasteiger partial charge >= 0.3 is 0 Å². The summed E-state index contributed by atoms with van der Waals surface area (Å²) in [5.41, 5.74) is 8.72. The quantitative estimate of drug-likeness (QED) is 0.495. The van der Waals surface area contributed by atoms with Crippen LogP contribution >= 0.6 is 11.3 Å². The van der Waals surface area contributed by atoms with Crippen molar-refractivity contribution in [2.45, 2.75) is 44.3 Å². The molecular weight excluding hydrogens is 304 g/mol. The highest BCUT2D eigenvalue weighted by Crippen LogP contribution is 2.21. The molecule has 0 aromatic carbocycles. The Morgan fingerprint density at radius 1 is 1.45 bits per heavy atom. The molecule has 0 spiro atoms. The third-order valence-corrected chi connectivity index (χ3v) is 4.51. The van der Waals surface area contributed by atoms with Gasteiger partial charge < -0.3 is 21.7 Å².